The van der Waals surface area contributed by atoms with Crippen LogP contribution in [0.3, 0.4) is 0 Å². The maximum Gasteiger partial charge on any atom is 0.287 e. The van der Waals surface area contributed by atoms with E-state index in [-0.39, 0.29) is 11.4 Å². The summed E-state index contributed by atoms with van der Waals surface area (Å²) in [6.45, 7) is 5.51. The van der Waals surface area contributed by atoms with Crippen molar-refractivity contribution in [1.82, 2.24) is 5.48 Å². The summed E-state index contributed by atoms with van der Waals surface area (Å²) in [6.07, 6.45) is 14.6. The van der Waals surface area contributed by atoms with Crippen molar-refractivity contribution >= 4 is 16.4 Å². The third-order valence-corrected chi connectivity index (χ3v) is 4.82. The van der Waals surface area contributed by atoms with Crippen LogP contribution in [0.2, 0.25) is 0 Å². The second-order valence-corrected chi connectivity index (χ2v) is 7.67. The van der Waals surface area contributed by atoms with Gasteiger partial charge in [0.15, 0.2) is 6.29 Å². The number of allylic oxidation sites excluding steroid dienone is 1. The first-order valence-electron chi connectivity index (χ1n) is 8.83. The molecule has 0 atom stereocenters. The van der Waals surface area contributed by atoms with Gasteiger partial charge in [-0.15, -0.1) is 0 Å². The van der Waals surface area contributed by atoms with Gasteiger partial charge in [-0.1, -0.05) is 84.1 Å². The zero-order valence-electron chi connectivity index (χ0n) is 14.5. The van der Waals surface area contributed by atoms with Crippen molar-refractivity contribution in [3.8, 4) is 0 Å². The van der Waals surface area contributed by atoms with Crippen LogP contribution in [0.1, 0.15) is 84.0 Å². The third-order valence-electron chi connectivity index (χ3n) is 3.69. The molecule has 0 spiro atoms. The molecule has 0 aliphatic carbocycles. The second-order valence-electron chi connectivity index (χ2n) is 5.98. The van der Waals surface area contributed by atoms with E-state index in [0.29, 0.717) is 12.7 Å². The molecule has 0 saturated heterocycles. The first-order valence-corrected chi connectivity index (χ1v) is 10.4. The lowest BCUT2D eigenvalue weighted by Crippen LogP contribution is -2.22. The summed E-state index contributed by atoms with van der Waals surface area (Å²) in [5.74, 6) is -0.0381. The summed E-state index contributed by atoms with van der Waals surface area (Å²) in [5, 5.41) is 0. The molecule has 6 heteroatoms. The Hall–Kier alpha value is -0.880. The lowest BCUT2D eigenvalue weighted by molar-refractivity contribution is -0.105. The molecule has 0 aromatic carbocycles. The van der Waals surface area contributed by atoms with Crippen LogP contribution in [0.4, 0.5) is 0 Å². The van der Waals surface area contributed by atoms with Crippen molar-refractivity contribution in [2.75, 3.05) is 5.75 Å². The highest BCUT2D eigenvalue weighted by Gasteiger charge is 2.11. The Bertz CT molecular complexity index is 407. The maximum atomic E-state index is 11.5. The summed E-state index contributed by atoms with van der Waals surface area (Å²) in [6, 6.07) is 0. The molecule has 0 aromatic rings. The SMILES string of the molecule is C=C(C=O)NOS(=O)(=O)CCCCCCCCCCCCCC. The van der Waals surface area contributed by atoms with Gasteiger partial charge in [0.2, 0.25) is 0 Å². The Morgan fingerprint density at radius 1 is 0.913 bits per heavy atom. The quantitative estimate of drug-likeness (QED) is 0.184. The molecule has 0 rings (SSSR count). The average Bonchev–Trinajstić information content (AvgIpc) is 2.53. The Morgan fingerprint density at radius 2 is 1.35 bits per heavy atom. The number of hydroxylamine groups is 1. The molecule has 136 valence electrons. The van der Waals surface area contributed by atoms with Gasteiger partial charge in [0.1, 0.15) is 0 Å². The number of aldehydes is 1. The summed E-state index contributed by atoms with van der Waals surface area (Å²) in [7, 11) is -3.63. The zero-order valence-corrected chi connectivity index (χ0v) is 15.3. The molecular formula is C17H33NO4S. The van der Waals surface area contributed by atoms with Gasteiger partial charge in [0.25, 0.3) is 10.1 Å². The molecule has 0 aromatic heterocycles. The highest BCUT2D eigenvalue weighted by atomic mass is 32.2. The second kappa shape index (κ2) is 14.7. The molecule has 0 radical (unpaired) electrons. The summed E-state index contributed by atoms with van der Waals surface area (Å²) < 4.78 is 27.5. The van der Waals surface area contributed by atoms with E-state index in [9.17, 15) is 13.2 Å². The smallest absolute Gasteiger partial charge is 0.287 e. The molecule has 0 heterocycles. The number of carbonyl (C=O) groups excluding carboxylic acids is 1. The first kappa shape index (κ1) is 22.1. The summed E-state index contributed by atoms with van der Waals surface area (Å²) >= 11 is 0. The Morgan fingerprint density at radius 3 is 1.78 bits per heavy atom. The van der Waals surface area contributed by atoms with Crippen LogP contribution in [0.25, 0.3) is 0 Å². The monoisotopic (exact) mass is 347 g/mol. The highest BCUT2D eigenvalue weighted by Crippen LogP contribution is 2.12. The van der Waals surface area contributed by atoms with E-state index >= 15 is 0 Å². The molecule has 0 bridgehead atoms. The normalized spacial score (nSPS) is 11.3. The number of carbonyl (C=O) groups is 1. The zero-order chi connectivity index (χ0) is 17.4. The minimum atomic E-state index is -3.63. The van der Waals surface area contributed by atoms with Crippen molar-refractivity contribution in [1.29, 1.82) is 0 Å². The fourth-order valence-corrected chi connectivity index (χ4v) is 3.18. The van der Waals surface area contributed by atoms with E-state index in [0.717, 1.165) is 19.3 Å². The van der Waals surface area contributed by atoms with E-state index < -0.39 is 10.1 Å². The van der Waals surface area contributed by atoms with Crippen molar-refractivity contribution in [3.05, 3.63) is 12.3 Å². The van der Waals surface area contributed by atoms with Crippen molar-refractivity contribution < 1.29 is 17.5 Å². The van der Waals surface area contributed by atoms with E-state index in [2.05, 4.69) is 17.8 Å². The standard InChI is InChI=1S/C17H33NO4S/c1-3-4-5-6-7-8-9-10-11-12-13-14-15-23(20,21)22-18-17(2)16-19/h16,18H,2-15H2,1H3. The largest absolute Gasteiger partial charge is 0.296 e. The van der Waals surface area contributed by atoms with Crippen molar-refractivity contribution in [2.45, 2.75) is 84.0 Å². The lowest BCUT2D eigenvalue weighted by atomic mass is 10.1. The van der Waals surface area contributed by atoms with Crippen LogP contribution >= 0.6 is 0 Å². The molecule has 0 unspecified atom stereocenters. The van der Waals surface area contributed by atoms with Gasteiger partial charge in [-0.3, -0.25) is 4.79 Å². The molecule has 1 N–H and O–H groups in total. The van der Waals surface area contributed by atoms with E-state index in [1.54, 1.807) is 0 Å². The van der Waals surface area contributed by atoms with Crippen LogP contribution in [-0.4, -0.2) is 20.5 Å². The van der Waals surface area contributed by atoms with Crippen molar-refractivity contribution in [3.63, 3.8) is 0 Å². The molecule has 0 saturated carbocycles. The fourth-order valence-electron chi connectivity index (χ4n) is 2.30. The number of unbranched alkanes of at least 4 members (excludes halogenated alkanes) is 11. The topological polar surface area (TPSA) is 72.5 Å². The van der Waals surface area contributed by atoms with Gasteiger partial charge < -0.3 is 0 Å². The Labute approximate surface area is 142 Å². The number of hydrogen-bond acceptors (Lipinski definition) is 5. The molecule has 5 nitrogen and oxygen atoms in total. The van der Waals surface area contributed by atoms with Crippen LogP contribution in [-0.2, 0) is 19.2 Å². The van der Waals surface area contributed by atoms with E-state index in [1.165, 1.54) is 51.4 Å². The van der Waals surface area contributed by atoms with Crippen LogP contribution in [0, 0.1) is 0 Å². The molecule has 0 aliphatic heterocycles. The molecule has 23 heavy (non-hydrogen) atoms. The number of hydrogen-bond donors (Lipinski definition) is 1. The van der Waals surface area contributed by atoms with Gasteiger partial charge in [0, 0.05) is 0 Å². The molecular weight excluding hydrogens is 314 g/mol. The highest BCUT2D eigenvalue weighted by molar-refractivity contribution is 7.86. The number of nitrogens with one attached hydrogen (secondary N) is 1. The van der Waals surface area contributed by atoms with E-state index in [4.69, 9.17) is 0 Å². The molecule has 0 aliphatic rings. The van der Waals surface area contributed by atoms with Crippen LogP contribution in [0.15, 0.2) is 12.3 Å². The summed E-state index contributed by atoms with van der Waals surface area (Å²) in [4.78, 5) is 10.3. The number of rotatable bonds is 17. The van der Waals surface area contributed by atoms with Gasteiger partial charge in [-0.2, -0.15) is 12.7 Å². The van der Waals surface area contributed by atoms with Crippen LogP contribution in [0.5, 0.6) is 0 Å². The van der Waals surface area contributed by atoms with E-state index in [1.807, 2.05) is 5.48 Å². The van der Waals surface area contributed by atoms with Crippen LogP contribution < -0.4 is 5.48 Å². The minimum Gasteiger partial charge on any atom is -0.296 e. The third kappa shape index (κ3) is 15.8. The first-order chi connectivity index (χ1) is 11.0. The minimum absolute atomic E-state index is 0.0381. The van der Waals surface area contributed by atoms with Gasteiger partial charge >= 0.3 is 0 Å². The van der Waals surface area contributed by atoms with Gasteiger partial charge in [0.05, 0.1) is 11.4 Å². The Balaban J connectivity index is 3.38. The maximum absolute atomic E-state index is 11.5. The molecule has 0 fully saturated rings. The summed E-state index contributed by atoms with van der Waals surface area (Å²) in [5.41, 5.74) is 1.91. The molecule has 0 amide bonds. The van der Waals surface area contributed by atoms with Gasteiger partial charge in [-0.05, 0) is 6.42 Å². The predicted octanol–water partition coefficient (Wildman–Crippen LogP) is 4.25. The predicted molar refractivity (Wildman–Crippen MR) is 94.3 cm³/mol. The Kier molecular flexibility index (Phi) is 14.1. The average molecular weight is 348 g/mol. The lowest BCUT2D eigenvalue weighted by Gasteiger charge is -2.06. The van der Waals surface area contributed by atoms with Gasteiger partial charge in [-0.25, -0.2) is 5.48 Å². The van der Waals surface area contributed by atoms with Crippen molar-refractivity contribution in [2.24, 2.45) is 0 Å². The fraction of sp³-hybridized carbons (Fsp3) is 0.824.